The average Bonchev–Trinajstić information content (AvgIpc) is 1.95. The van der Waals surface area contributed by atoms with Gasteiger partial charge in [-0.2, -0.15) is 0 Å². The van der Waals surface area contributed by atoms with Gasteiger partial charge in [0.15, 0.2) is 5.94 Å². The van der Waals surface area contributed by atoms with Gasteiger partial charge in [0.25, 0.3) is 0 Å². The van der Waals surface area contributed by atoms with Crippen LogP contribution >= 0.6 is 0 Å². The molecule has 0 unspecified atom stereocenters. The van der Waals surface area contributed by atoms with Crippen LogP contribution in [0.5, 0.6) is 0 Å². The highest BCUT2D eigenvalue weighted by molar-refractivity contribution is 7.85. The highest BCUT2D eigenvalue weighted by Gasteiger charge is 2.04. The fourth-order valence-corrected chi connectivity index (χ4v) is 0.588. The predicted molar refractivity (Wildman–Crippen MR) is 37.3 cm³/mol. The first-order valence-electron chi connectivity index (χ1n) is 3.19. The number of hydrogen-bond acceptors (Lipinski definition) is 6. The summed E-state index contributed by atoms with van der Waals surface area (Å²) in [5.74, 6) is -1.18. The summed E-state index contributed by atoms with van der Waals surface area (Å²) in [7, 11) is -4.52. The highest BCUT2D eigenvalue weighted by atomic mass is 32.2. The van der Waals surface area contributed by atoms with Gasteiger partial charge in [0, 0.05) is 0 Å². The Hall–Kier alpha value is -0.820. The zero-order chi connectivity index (χ0) is 9.61. The van der Waals surface area contributed by atoms with Crippen LogP contribution in [0.3, 0.4) is 0 Å². The normalized spacial score (nSPS) is 10.8. The number of carbonyl (C=O) groups is 1. The summed E-state index contributed by atoms with van der Waals surface area (Å²) in [6.45, 7) is 1.90. The number of rotatable bonds is 4. The fourth-order valence-electron chi connectivity index (χ4n) is 0.347. The van der Waals surface area contributed by atoms with E-state index in [4.69, 9.17) is 0 Å². The topological polar surface area (TPSA) is 92.7 Å². The van der Waals surface area contributed by atoms with E-state index in [9.17, 15) is 17.8 Å². The lowest BCUT2D eigenvalue weighted by Gasteiger charge is -2.07. The maximum Gasteiger partial charge on any atom is 0.509 e. The van der Waals surface area contributed by atoms with Crippen LogP contribution in [0.4, 0.5) is 4.79 Å². The second-order valence-corrected chi connectivity index (χ2v) is 3.27. The zero-order valence-electron chi connectivity index (χ0n) is 6.48. The smallest absolute Gasteiger partial charge is 0.509 e. The summed E-state index contributed by atoms with van der Waals surface area (Å²) in [6, 6.07) is 0. The molecular formula is C5H9O6S-. The maximum atomic E-state index is 10.4. The molecule has 0 N–H and O–H groups in total. The molecule has 0 fully saturated rings. The Labute approximate surface area is 70.2 Å². The van der Waals surface area contributed by atoms with Gasteiger partial charge < -0.3 is 14.0 Å². The SMILES string of the molecule is CCCOC(=O)OCS(=O)(=O)[O-]. The predicted octanol–water partition coefficient (Wildman–Crippen LogP) is 0.0523. The maximum absolute atomic E-state index is 10.4. The van der Waals surface area contributed by atoms with Crippen molar-refractivity contribution in [2.24, 2.45) is 0 Å². The molecule has 0 aromatic rings. The Bertz CT molecular complexity index is 230. The van der Waals surface area contributed by atoms with E-state index in [0.717, 1.165) is 0 Å². The molecule has 0 amide bonds. The quantitative estimate of drug-likeness (QED) is 0.467. The van der Waals surface area contributed by atoms with Crippen molar-refractivity contribution in [2.75, 3.05) is 12.5 Å². The largest absolute Gasteiger partial charge is 0.745 e. The van der Waals surface area contributed by atoms with Gasteiger partial charge in [-0.3, -0.25) is 0 Å². The molecule has 0 rings (SSSR count). The van der Waals surface area contributed by atoms with E-state index >= 15 is 0 Å². The molecule has 0 atom stereocenters. The molecule has 12 heavy (non-hydrogen) atoms. The molecule has 0 aromatic carbocycles. The van der Waals surface area contributed by atoms with Crippen molar-refractivity contribution in [3.05, 3.63) is 0 Å². The van der Waals surface area contributed by atoms with Crippen LogP contribution in [0.15, 0.2) is 0 Å². The molecule has 0 bridgehead atoms. The molecule has 0 radical (unpaired) electrons. The summed E-state index contributed by atoms with van der Waals surface area (Å²) in [6.07, 6.45) is -0.546. The van der Waals surface area contributed by atoms with Crippen LogP contribution < -0.4 is 0 Å². The Morgan fingerprint density at radius 2 is 2.00 bits per heavy atom. The third-order valence-electron chi connectivity index (χ3n) is 0.745. The van der Waals surface area contributed by atoms with E-state index in [0.29, 0.717) is 6.42 Å². The summed E-state index contributed by atoms with van der Waals surface area (Å²) < 4.78 is 38.0. The minimum absolute atomic E-state index is 0.137. The highest BCUT2D eigenvalue weighted by Crippen LogP contribution is 1.90. The second kappa shape index (κ2) is 4.94. The van der Waals surface area contributed by atoms with Crippen LogP contribution in [0.25, 0.3) is 0 Å². The van der Waals surface area contributed by atoms with Gasteiger partial charge in [-0.25, -0.2) is 13.2 Å². The van der Waals surface area contributed by atoms with Crippen LogP contribution in [0, 0.1) is 0 Å². The van der Waals surface area contributed by atoms with Crippen LogP contribution in [-0.2, 0) is 19.6 Å². The van der Waals surface area contributed by atoms with Crippen molar-refractivity contribution < 1.29 is 27.2 Å². The second-order valence-electron chi connectivity index (χ2n) is 1.92. The fraction of sp³-hybridized carbons (Fsp3) is 0.800. The van der Waals surface area contributed by atoms with Crippen LogP contribution in [-0.4, -0.2) is 31.7 Å². The first kappa shape index (κ1) is 11.2. The molecule has 0 spiro atoms. The van der Waals surface area contributed by atoms with Gasteiger partial charge in [0.2, 0.25) is 0 Å². The molecule has 0 aliphatic carbocycles. The molecule has 7 heteroatoms. The van der Waals surface area contributed by atoms with Gasteiger partial charge in [-0.05, 0) is 6.42 Å². The molecule has 72 valence electrons. The van der Waals surface area contributed by atoms with Gasteiger partial charge >= 0.3 is 6.16 Å². The summed E-state index contributed by atoms with van der Waals surface area (Å²) in [5, 5.41) is 0. The van der Waals surface area contributed by atoms with Gasteiger partial charge in [-0.15, -0.1) is 0 Å². The minimum atomic E-state index is -4.52. The summed E-state index contributed by atoms with van der Waals surface area (Å²) >= 11 is 0. The molecule has 0 heterocycles. The molecule has 0 aliphatic rings. The van der Waals surface area contributed by atoms with Crippen molar-refractivity contribution in [1.29, 1.82) is 0 Å². The monoisotopic (exact) mass is 197 g/mol. The van der Waals surface area contributed by atoms with E-state index in [2.05, 4.69) is 9.47 Å². The van der Waals surface area contributed by atoms with Gasteiger partial charge in [-0.1, -0.05) is 6.92 Å². The summed E-state index contributed by atoms with van der Waals surface area (Å²) in [4.78, 5) is 10.4. The number of carbonyl (C=O) groups excluding carboxylic acids is 1. The first-order chi connectivity index (χ1) is 5.45. The molecule has 0 aromatic heterocycles. The summed E-state index contributed by atoms with van der Waals surface area (Å²) in [5.41, 5.74) is 0. The van der Waals surface area contributed by atoms with E-state index in [1.807, 2.05) is 0 Å². The number of hydrogen-bond donors (Lipinski definition) is 0. The third-order valence-corrected chi connectivity index (χ3v) is 1.15. The standard InChI is InChI=1S/C5H10O6S/c1-2-3-10-5(6)11-4-12(7,8)9/h2-4H2,1H3,(H,7,8,9)/p-1. The molecular weight excluding hydrogens is 188 g/mol. The third kappa shape index (κ3) is 7.29. The van der Waals surface area contributed by atoms with Crippen molar-refractivity contribution in [3.8, 4) is 0 Å². The van der Waals surface area contributed by atoms with Gasteiger partial charge in [0.05, 0.1) is 6.61 Å². The molecule has 0 saturated heterocycles. The van der Waals surface area contributed by atoms with Crippen molar-refractivity contribution in [3.63, 3.8) is 0 Å². The van der Waals surface area contributed by atoms with E-state index < -0.39 is 22.2 Å². The van der Waals surface area contributed by atoms with E-state index in [1.54, 1.807) is 6.92 Å². The lowest BCUT2D eigenvalue weighted by atomic mass is 10.5. The Morgan fingerprint density at radius 3 is 2.42 bits per heavy atom. The van der Waals surface area contributed by atoms with E-state index in [1.165, 1.54) is 0 Å². The zero-order valence-corrected chi connectivity index (χ0v) is 7.30. The van der Waals surface area contributed by atoms with Crippen LogP contribution in [0.1, 0.15) is 13.3 Å². The lowest BCUT2D eigenvalue weighted by molar-refractivity contribution is 0.0660. The van der Waals surface area contributed by atoms with Crippen molar-refractivity contribution in [1.82, 2.24) is 0 Å². The van der Waals surface area contributed by atoms with Crippen molar-refractivity contribution in [2.45, 2.75) is 13.3 Å². The average molecular weight is 197 g/mol. The Morgan fingerprint density at radius 1 is 1.42 bits per heavy atom. The Kier molecular flexibility index (Phi) is 4.60. The Balaban J connectivity index is 3.58. The molecule has 6 nitrogen and oxygen atoms in total. The van der Waals surface area contributed by atoms with Gasteiger partial charge in [0.1, 0.15) is 10.1 Å². The first-order valence-corrected chi connectivity index (χ1v) is 4.76. The van der Waals surface area contributed by atoms with Crippen LogP contribution in [0.2, 0.25) is 0 Å². The van der Waals surface area contributed by atoms with E-state index in [-0.39, 0.29) is 6.61 Å². The molecule has 0 aliphatic heterocycles. The number of ether oxygens (including phenoxy) is 2. The lowest BCUT2D eigenvalue weighted by Crippen LogP contribution is -2.14. The van der Waals surface area contributed by atoms with Crippen molar-refractivity contribution >= 4 is 16.3 Å². The minimum Gasteiger partial charge on any atom is -0.745 e. The molecule has 0 saturated carbocycles.